The number of rotatable bonds is 1. The third kappa shape index (κ3) is 1.43. The number of benzene rings is 1. The van der Waals surface area contributed by atoms with Crippen LogP contribution in [0.25, 0.3) is 11.0 Å². The van der Waals surface area contributed by atoms with Gasteiger partial charge in [-0.15, -0.1) is 0 Å². The quantitative estimate of drug-likeness (QED) is 0.694. The summed E-state index contributed by atoms with van der Waals surface area (Å²) in [6.07, 6.45) is 1.31. The molecular weight excluding hydrogens is 242 g/mol. The van der Waals surface area contributed by atoms with Crippen molar-refractivity contribution in [3.8, 4) is 0 Å². The molecule has 0 unspecified atom stereocenters. The number of nitrogens with two attached hydrogens (primary N) is 1. The summed E-state index contributed by atoms with van der Waals surface area (Å²) in [5.74, 6) is 1.74. The zero-order valence-electron chi connectivity index (χ0n) is 9.95. The molecule has 1 aliphatic rings. The van der Waals surface area contributed by atoms with Crippen LogP contribution in [0.4, 0.5) is 5.95 Å². The molecule has 6 heteroatoms. The van der Waals surface area contributed by atoms with E-state index in [1.807, 2.05) is 41.0 Å². The number of hydrogen-bond donors (Lipinski definition) is 2. The SMILES string of the molecule is NC1=N[C@H](c2ccco2)n2c(nc3ccccc32)N1. The topological polar surface area (TPSA) is 81.4 Å². The number of para-hydroxylation sites is 2. The number of nitrogens with zero attached hydrogens (tertiary/aromatic N) is 3. The summed E-state index contributed by atoms with van der Waals surface area (Å²) in [4.78, 5) is 8.91. The molecule has 1 aromatic carbocycles. The largest absolute Gasteiger partial charge is 0.465 e. The minimum Gasteiger partial charge on any atom is -0.465 e. The lowest BCUT2D eigenvalue weighted by molar-refractivity contribution is 0.441. The summed E-state index contributed by atoms with van der Waals surface area (Å²) in [7, 11) is 0. The van der Waals surface area contributed by atoms with Crippen molar-refractivity contribution in [3.63, 3.8) is 0 Å². The van der Waals surface area contributed by atoms with Gasteiger partial charge >= 0.3 is 0 Å². The fourth-order valence-electron chi connectivity index (χ4n) is 2.35. The Kier molecular flexibility index (Phi) is 1.94. The molecule has 1 atom stereocenters. The van der Waals surface area contributed by atoms with Crippen molar-refractivity contribution >= 4 is 22.9 Å². The molecule has 94 valence electrons. The molecule has 6 nitrogen and oxygen atoms in total. The summed E-state index contributed by atoms with van der Waals surface area (Å²) in [6, 6.07) is 11.6. The van der Waals surface area contributed by atoms with Gasteiger partial charge in [0, 0.05) is 0 Å². The first kappa shape index (κ1) is 10.2. The summed E-state index contributed by atoms with van der Waals surface area (Å²) < 4.78 is 7.43. The van der Waals surface area contributed by atoms with Crippen LogP contribution in [-0.4, -0.2) is 15.5 Å². The van der Waals surface area contributed by atoms with Gasteiger partial charge < -0.3 is 10.2 Å². The van der Waals surface area contributed by atoms with E-state index < -0.39 is 0 Å². The summed E-state index contributed by atoms with van der Waals surface area (Å²) in [5.41, 5.74) is 7.70. The van der Waals surface area contributed by atoms with E-state index in [9.17, 15) is 0 Å². The number of aromatic nitrogens is 2. The Morgan fingerprint density at radius 1 is 1.21 bits per heavy atom. The van der Waals surface area contributed by atoms with Crippen LogP contribution in [0.5, 0.6) is 0 Å². The Bertz CT molecular complexity index is 772. The van der Waals surface area contributed by atoms with Crippen molar-refractivity contribution in [3.05, 3.63) is 48.4 Å². The minimum atomic E-state index is -0.321. The molecule has 3 heterocycles. The van der Waals surface area contributed by atoms with Crippen molar-refractivity contribution < 1.29 is 4.42 Å². The molecule has 4 rings (SSSR count). The van der Waals surface area contributed by atoms with Crippen LogP contribution in [0.1, 0.15) is 11.9 Å². The molecule has 0 fully saturated rings. The van der Waals surface area contributed by atoms with Crippen molar-refractivity contribution in [1.29, 1.82) is 0 Å². The van der Waals surface area contributed by atoms with Crippen LogP contribution in [0.3, 0.4) is 0 Å². The van der Waals surface area contributed by atoms with Gasteiger partial charge in [-0.05, 0) is 24.3 Å². The molecule has 0 radical (unpaired) electrons. The predicted molar refractivity (Wildman–Crippen MR) is 71.8 cm³/mol. The van der Waals surface area contributed by atoms with Gasteiger partial charge in [0.15, 0.2) is 12.1 Å². The average Bonchev–Trinajstić information content (AvgIpc) is 3.04. The molecule has 0 spiro atoms. The molecule has 0 saturated heterocycles. The van der Waals surface area contributed by atoms with Crippen molar-refractivity contribution in [2.24, 2.45) is 10.7 Å². The van der Waals surface area contributed by atoms with Gasteiger partial charge in [-0.3, -0.25) is 9.88 Å². The lowest BCUT2D eigenvalue weighted by Gasteiger charge is -2.21. The van der Waals surface area contributed by atoms with Gasteiger partial charge in [-0.25, -0.2) is 9.98 Å². The molecular formula is C13H11N5O. The molecule has 2 aromatic heterocycles. The van der Waals surface area contributed by atoms with Gasteiger partial charge in [0.05, 0.1) is 17.3 Å². The Morgan fingerprint density at radius 2 is 2.11 bits per heavy atom. The maximum Gasteiger partial charge on any atom is 0.212 e. The van der Waals surface area contributed by atoms with Gasteiger partial charge in [-0.1, -0.05) is 12.1 Å². The number of anilines is 1. The normalized spacial score (nSPS) is 17.9. The Morgan fingerprint density at radius 3 is 2.95 bits per heavy atom. The zero-order valence-corrected chi connectivity index (χ0v) is 9.95. The second-order valence-electron chi connectivity index (χ2n) is 4.32. The van der Waals surface area contributed by atoms with Crippen LogP contribution >= 0.6 is 0 Å². The molecule has 0 saturated carbocycles. The fourth-order valence-corrected chi connectivity index (χ4v) is 2.35. The number of aliphatic imine (C=N–C) groups is 1. The minimum absolute atomic E-state index is 0.321. The smallest absolute Gasteiger partial charge is 0.212 e. The first-order valence-corrected chi connectivity index (χ1v) is 5.93. The van der Waals surface area contributed by atoms with Gasteiger partial charge in [0.2, 0.25) is 5.95 Å². The van der Waals surface area contributed by atoms with Crippen LogP contribution in [0, 0.1) is 0 Å². The molecule has 0 aliphatic carbocycles. The van der Waals surface area contributed by atoms with Crippen molar-refractivity contribution in [2.75, 3.05) is 5.32 Å². The van der Waals surface area contributed by atoms with Crippen molar-refractivity contribution in [2.45, 2.75) is 6.17 Å². The molecule has 0 bridgehead atoms. The molecule has 0 amide bonds. The Hall–Kier alpha value is -2.76. The lowest BCUT2D eigenvalue weighted by Crippen LogP contribution is -2.31. The first-order valence-electron chi connectivity index (χ1n) is 5.93. The van der Waals surface area contributed by atoms with E-state index in [4.69, 9.17) is 10.2 Å². The van der Waals surface area contributed by atoms with Crippen molar-refractivity contribution in [1.82, 2.24) is 9.55 Å². The average molecular weight is 253 g/mol. The van der Waals surface area contributed by atoms with E-state index in [-0.39, 0.29) is 6.17 Å². The van der Waals surface area contributed by atoms with E-state index in [0.717, 1.165) is 16.8 Å². The number of nitrogens with one attached hydrogen (secondary N) is 1. The van der Waals surface area contributed by atoms with Crippen LogP contribution in [0.15, 0.2) is 52.1 Å². The highest BCUT2D eigenvalue weighted by Gasteiger charge is 2.26. The molecule has 3 N–H and O–H groups in total. The van der Waals surface area contributed by atoms with Gasteiger partial charge in [0.25, 0.3) is 0 Å². The summed E-state index contributed by atoms with van der Waals surface area (Å²) in [5, 5.41) is 2.98. The highest BCUT2D eigenvalue weighted by atomic mass is 16.3. The molecule has 19 heavy (non-hydrogen) atoms. The second-order valence-corrected chi connectivity index (χ2v) is 4.32. The Labute approximate surface area is 108 Å². The fraction of sp³-hybridized carbons (Fsp3) is 0.0769. The number of imidazole rings is 1. The highest BCUT2D eigenvalue weighted by Crippen LogP contribution is 2.32. The summed E-state index contributed by atoms with van der Waals surface area (Å²) >= 11 is 0. The molecule has 1 aliphatic heterocycles. The zero-order chi connectivity index (χ0) is 12.8. The summed E-state index contributed by atoms with van der Waals surface area (Å²) in [6.45, 7) is 0. The Balaban J connectivity index is 2.00. The second kappa shape index (κ2) is 3.61. The van der Waals surface area contributed by atoms with E-state index in [0.29, 0.717) is 11.9 Å². The number of guanidine groups is 1. The van der Waals surface area contributed by atoms with Crippen LogP contribution in [0.2, 0.25) is 0 Å². The van der Waals surface area contributed by atoms with Crippen LogP contribution in [-0.2, 0) is 0 Å². The first-order chi connectivity index (χ1) is 9.33. The number of fused-ring (bicyclic) bond motifs is 3. The van der Waals surface area contributed by atoms with E-state index >= 15 is 0 Å². The predicted octanol–water partition coefficient (Wildman–Crippen LogP) is 1.92. The maximum atomic E-state index is 5.81. The van der Waals surface area contributed by atoms with Gasteiger partial charge in [-0.2, -0.15) is 0 Å². The third-order valence-corrected chi connectivity index (χ3v) is 3.14. The van der Waals surface area contributed by atoms with E-state index in [1.165, 1.54) is 0 Å². The maximum absolute atomic E-state index is 5.81. The van der Waals surface area contributed by atoms with Crippen LogP contribution < -0.4 is 11.1 Å². The van der Waals surface area contributed by atoms with E-state index in [1.54, 1.807) is 6.26 Å². The monoisotopic (exact) mass is 253 g/mol. The standard InChI is InChI=1S/C13H11N5O/c14-12-16-11(10-6-3-7-19-10)18-9-5-2-1-4-8(9)15-13(18)17-12/h1-7,11H,(H3,14,15,16,17)/t11-/m0/s1. The highest BCUT2D eigenvalue weighted by molar-refractivity contribution is 5.94. The lowest BCUT2D eigenvalue weighted by atomic mass is 10.3. The third-order valence-electron chi connectivity index (χ3n) is 3.14. The molecule has 3 aromatic rings. The van der Waals surface area contributed by atoms with E-state index in [2.05, 4.69) is 15.3 Å². The number of hydrogen-bond acceptors (Lipinski definition) is 5. The van der Waals surface area contributed by atoms with Gasteiger partial charge in [0.1, 0.15) is 5.76 Å². The number of furan rings is 1.